The standard InChI is InChI=1S/C11H13FN2O2/c12-9-2-1-8(5-10(9)14(15)16)6-11(7-13)3-4-11/h1-2,5H,3-4,6-7,13H2. The second-order valence-corrected chi connectivity index (χ2v) is 4.42. The van der Waals surface area contributed by atoms with Gasteiger partial charge in [0, 0.05) is 6.07 Å². The van der Waals surface area contributed by atoms with E-state index in [1.54, 1.807) is 6.07 Å². The molecule has 4 nitrogen and oxygen atoms in total. The SMILES string of the molecule is NCC1(Cc2ccc(F)c([N+](=O)[O-])c2)CC1. The Morgan fingerprint density at radius 2 is 2.19 bits per heavy atom. The monoisotopic (exact) mass is 224 g/mol. The highest BCUT2D eigenvalue weighted by molar-refractivity contribution is 5.37. The van der Waals surface area contributed by atoms with Crippen LogP contribution in [0.15, 0.2) is 18.2 Å². The minimum absolute atomic E-state index is 0.103. The summed E-state index contributed by atoms with van der Waals surface area (Å²) >= 11 is 0. The molecule has 0 aromatic heterocycles. The number of benzene rings is 1. The molecule has 1 aliphatic rings. The first-order valence-corrected chi connectivity index (χ1v) is 5.19. The van der Waals surface area contributed by atoms with E-state index >= 15 is 0 Å². The molecule has 1 aromatic carbocycles. The Kier molecular flexibility index (Phi) is 2.63. The van der Waals surface area contributed by atoms with Crippen molar-refractivity contribution in [2.45, 2.75) is 19.3 Å². The summed E-state index contributed by atoms with van der Waals surface area (Å²) in [6, 6.07) is 4.06. The minimum atomic E-state index is -0.786. The minimum Gasteiger partial charge on any atom is -0.330 e. The molecule has 0 aliphatic heterocycles. The van der Waals surface area contributed by atoms with Gasteiger partial charge in [-0.1, -0.05) is 6.07 Å². The maximum atomic E-state index is 13.1. The molecule has 2 rings (SSSR count). The van der Waals surface area contributed by atoms with Crippen molar-refractivity contribution in [2.75, 3.05) is 6.54 Å². The molecule has 0 spiro atoms. The van der Waals surface area contributed by atoms with E-state index in [0.29, 0.717) is 13.0 Å². The summed E-state index contributed by atoms with van der Waals surface area (Å²) in [4.78, 5) is 9.87. The molecule has 0 unspecified atom stereocenters. The fourth-order valence-electron chi connectivity index (χ4n) is 1.87. The molecule has 86 valence electrons. The van der Waals surface area contributed by atoms with Crippen LogP contribution in [0.25, 0.3) is 0 Å². The second-order valence-electron chi connectivity index (χ2n) is 4.42. The first-order chi connectivity index (χ1) is 7.56. The zero-order valence-corrected chi connectivity index (χ0v) is 8.78. The van der Waals surface area contributed by atoms with Gasteiger partial charge in [-0.3, -0.25) is 10.1 Å². The molecule has 1 aliphatic carbocycles. The summed E-state index contributed by atoms with van der Waals surface area (Å²) in [5.74, 6) is -0.786. The summed E-state index contributed by atoms with van der Waals surface area (Å²) in [5.41, 5.74) is 6.07. The maximum absolute atomic E-state index is 13.1. The average molecular weight is 224 g/mol. The Bertz CT molecular complexity index is 430. The van der Waals surface area contributed by atoms with Crippen molar-refractivity contribution >= 4 is 5.69 Å². The predicted octanol–water partition coefficient (Wildman–Crippen LogP) is 2.02. The van der Waals surface area contributed by atoms with Crippen LogP contribution in [0.4, 0.5) is 10.1 Å². The number of hydrogen-bond acceptors (Lipinski definition) is 3. The highest BCUT2D eigenvalue weighted by atomic mass is 19.1. The van der Waals surface area contributed by atoms with Crippen molar-refractivity contribution in [3.8, 4) is 0 Å². The van der Waals surface area contributed by atoms with Crippen molar-refractivity contribution in [1.82, 2.24) is 0 Å². The van der Waals surface area contributed by atoms with Gasteiger partial charge < -0.3 is 5.73 Å². The molecule has 0 heterocycles. The summed E-state index contributed by atoms with van der Waals surface area (Å²) in [6.45, 7) is 0.582. The lowest BCUT2D eigenvalue weighted by Crippen LogP contribution is -2.18. The number of nitro benzene ring substituents is 1. The number of halogens is 1. The normalized spacial score (nSPS) is 17.1. The molecule has 5 heteroatoms. The predicted molar refractivity (Wildman–Crippen MR) is 57.5 cm³/mol. The third-order valence-electron chi connectivity index (χ3n) is 3.18. The molecule has 0 bridgehead atoms. The van der Waals surface area contributed by atoms with Gasteiger partial charge in [0.1, 0.15) is 0 Å². The van der Waals surface area contributed by atoms with Gasteiger partial charge in [-0.15, -0.1) is 0 Å². The van der Waals surface area contributed by atoms with Crippen LogP contribution in [0.3, 0.4) is 0 Å². The van der Waals surface area contributed by atoms with Crippen molar-refractivity contribution < 1.29 is 9.31 Å². The van der Waals surface area contributed by atoms with Crippen LogP contribution in [0.1, 0.15) is 18.4 Å². The van der Waals surface area contributed by atoms with E-state index in [2.05, 4.69) is 0 Å². The summed E-state index contributed by atoms with van der Waals surface area (Å²) in [5, 5.41) is 10.6. The average Bonchev–Trinajstić information content (AvgIpc) is 3.01. The van der Waals surface area contributed by atoms with Gasteiger partial charge >= 0.3 is 5.69 Å². The van der Waals surface area contributed by atoms with Crippen molar-refractivity contribution in [2.24, 2.45) is 11.1 Å². The lowest BCUT2D eigenvalue weighted by molar-refractivity contribution is -0.387. The van der Waals surface area contributed by atoms with E-state index in [4.69, 9.17) is 5.73 Å². The molecule has 16 heavy (non-hydrogen) atoms. The van der Waals surface area contributed by atoms with E-state index < -0.39 is 16.4 Å². The van der Waals surface area contributed by atoms with Gasteiger partial charge in [-0.25, -0.2) is 0 Å². The Hall–Kier alpha value is -1.49. The number of nitro groups is 1. The van der Waals surface area contributed by atoms with Crippen LogP contribution >= 0.6 is 0 Å². The quantitative estimate of drug-likeness (QED) is 0.628. The fraction of sp³-hybridized carbons (Fsp3) is 0.455. The number of rotatable bonds is 4. The van der Waals surface area contributed by atoms with Crippen LogP contribution in [0.5, 0.6) is 0 Å². The van der Waals surface area contributed by atoms with Gasteiger partial charge in [-0.2, -0.15) is 4.39 Å². The Balaban J connectivity index is 2.23. The molecule has 1 aromatic rings. The summed E-state index contributed by atoms with van der Waals surface area (Å²) < 4.78 is 13.1. The molecule has 0 amide bonds. The van der Waals surface area contributed by atoms with Crippen molar-refractivity contribution in [1.29, 1.82) is 0 Å². The summed E-state index contributed by atoms with van der Waals surface area (Å²) in [6.07, 6.45) is 2.80. The Labute approximate surface area is 92.4 Å². The van der Waals surface area contributed by atoms with Crippen LogP contribution in [0.2, 0.25) is 0 Å². The smallest absolute Gasteiger partial charge is 0.305 e. The van der Waals surface area contributed by atoms with Crippen LogP contribution < -0.4 is 5.73 Å². The molecular weight excluding hydrogens is 211 g/mol. The number of hydrogen-bond donors (Lipinski definition) is 1. The van der Waals surface area contributed by atoms with Crippen molar-refractivity contribution in [3.63, 3.8) is 0 Å². The van der Waals surface area contributed by atoms with Gasteiger partial charge in [0.25, 0.3) is 0 Å². The highest BCUT2D eigenvalue weighted by Gasteiger charge is 2.41. The van der Waals surface area contributed by atoms with E-state index in [0.717, 1.165) is 24.5 Å². The topological polar surface area (TPSA) is 69.2 Å². The molecule has 1 fully saturated rings. The van der Waals surface area contributed by atoms with Gasteiger partial charge in [0.2, 0.25) is 5.82 Å². The lowest BCUT2D eigenvalue weighted by Gasteiger charge is -2.11. The Morgan fingerprint density at radius 3 is 2.69 bits per heavy atom. The number of nitrogens with two attached hydrogens (primary N) is 1. The van der Waals surface area contributed by atoms with Gasteiger partial charge in [0.15, 0.2) is 0 Å². The Morgan fingerprint density at radius 1 is 1.50 bits per heavy atom. The van der Waals surface area contributed by atoms with Crippen LogP contribution in [-0.4, -0.2) is 11.5 Å². The first-order valence-electron chi connectivity index (χ1n) is 5.19. The first kappa shape index (κ1) is 11.0. The third kappa shape index (κ3) is 2.04. The molecule has 0 atom stereocenters. The third-order valence-corrected chi connectivity index (χ3v) is 3.18. The lowest BCUT2D eigenvalue weighted by atomic mass is 9.96. The van der Waals surface area contributed by atoms with E-state index in [9.17, 15) is 14.5 Å². The molecule has 0 saturated heterocycles. The molecule has 0 radical (unpaired) electrons. The zero-order valence-electron chi connectivity index (χ0n) is 8.78. The van der Waals surface area contributed by atoms with Crippen LogP contribution in [-0.2, 0) is 6.42 Å². The van der Waals surface area contributed by atoms with E-state index in [1.165, 1.54) is 6.07 Å². The van der Waals surface area contributed by atoms with Crippen LogP contribution in [0, 0.1) is 21.3 Å². The van der Waals surface area contributed by atoms with E-state index in [-0.39, 0.29) is 5.41 Å². The highest BCUT2D eigenvalue weighted by Crippen LogP contribution is 2.47. The number of nitrogens with zero attached hydrogens (tertiary/aromatic N) is 1. The molecule has 2 N–H and O–H groups in total. The molecular formula is C11H13FN2O2. The van der Waals surface area contributed by atoms with E-state index in [1.807, 2.05) is 0 Å². The van der Waals surface area contributed by atoms with Crippen molar-refractivity contribution in [3.05, 3.63) is 39.7 Å². The maximum Gasteiger partial charge on any atom is 0.305 e. The largest absolute Gasteiger partial charge is 0.330 e. The zero-order chi connectivity index (χ0) is 11.8. The second kappa shape index (κ2) is 3.83. The summed E-state index contributed by atoms with van der Waals surface area (Å²) in [7, 11) is 0. The molecule has 1 saturated carbocycles. The van der Waals surface area contributed by atoms with Gasteiger partial charge in [0.05, 0.1) is 4.92 Å². The van der Waals surface area contributed by atoms with Gasteiger partial charge in [-0.05, 0) is 42.9 Å². The fourth-order valence-corrected chi connectivity index (χ4v) is 1.87.